The highest BCUT2D eigenvalue weighted by Gasteiger charge is 2.16. The summed E-state index contributed by atoms with van der Waals surface area (Å²) in [5.74, 6) is -0.131. The van der Waals surface area contributed by atoms with Crippen LogP contribution in [0, 0.1) is 0 Å². The van der Waals surface area contributed by atoms with Gasteiger partial charge in [0.1, 0.15) is 12.2 Å². The maximum atomic E-state index is 12.6. The first-order valence-corrected chi connectivity index (χ1v) is 10.4. The van der Waals surface area contributed by atoms with E-state index in [4.69, 9.17) is 4.74 Å². The van der Waals surface area contributed by atoms with Gasteiger partial charge in [-0.25, -0.2) is 10.4 Å². The Morgan fingerprint density at radius 3 is 2.71 bits per heavy atom. The van der Waals surface area contributed by atoms with Crippen molar-refractivity contribution in [3.05, 3.63) is 72.4 Å². The number of amides is 2. The number of nitrogens with zero attached hydrogens (tertiary/aromatic N) is 4. The maximum absolute atomic E-state index is 12.6. The second kappa shape index (κ2) is 10.3. The highest BCUT2D eigenvalue weighted by Crippen LogP contribution is 2.28. The van der Waals surface area contributed by atoms with Gasteiger partial charge in [-0.1, -0.05) is 24.3 Å². The van der Waals surface area contributed by atoms with E-state index in [1.165, 1.54) is 13.3 Å². The van der Waals surface area contributed by atoms with E-state index < -0.39 is 5.91 Å². The van der Waals surface area contributed by atoms with Crippen molar-refractivity contribution in [3.63, 3.8) is 0 Å². The van der Waals surface area contributed by atoms with E-state index in [0.29, 0.717) is 22.8 Å². The zero-order chi connectivity index (χ0) is 23.9. The summed E-state index contributed by atoms with van der Waals surface area (Å²) in [6, 6.07) is 17.8. The van der Waals surface area contributed by atoms with Crippen LogP contribution in [0.1, 0.15) is 5.56 Å². The van der Waals surface area contributed by atoms with Crippen molar-refractivity contribution in [2.24, 2.45) is 5.10 Å². The van der Waals surface area contributed by atoms with Crippen LogP contribution in [0.5, 0.6) is 11.5 Å². The molecule has 172 valence electrons. The van der Waals surface area contributed by atoms with Crippen LogP contribution < -0.4 is 15.5 Å². The van der Waals surface area contributed by atoms with E-state index >= 15 is 0 Å². The van der Waals surface area contributed by atoms with E-state index in [1.807, 2.05) is 36.4 Å². The van der Waals surface area contributed by atoms with Gasteiger partial charge >= 0.3 is 0 Å². The minimum absolute atomic E-state index is 0.0410. The summed E-state index contributed by atoms with van der Waals surface area (Å²) in [7, 11) is 1.44. The van der Waals surface area contributed by atoms with Crippen LogP contribution in [0.25, 0.3) is 22.6 Å². The fraction of sp³-hybridized carbons (Fsp3) is 0.125. The van der Waals surface area contributed by atoms with Gasteiger partial charge in [0.05, 0.1) is 30.9 Å². The van der Waals surface area contributed by atoms with E-state index in [1.54, 1.807) is 35.0 Å². The second-order valence-corrected chi connectivity index (χ2v) is 7.19. The number of nitrogens with one attached hydrogen (secondary N) is 2. The topological polar surface area (TPSA) is 131 Å². The zero-order valence-electron chi connectivity index (χ0n) is 18.3. The second-order valence-electron chi connectivity index (χ2n) is 7.19. The quantitative estimate of drug-likeness (QED) is 0.274. The number of aromatic hydroxyl groups is 1. The summed E-state index contributed by atoms with van der Waals surface area (Å²) in [4.78, 5) is 33.7. The molecule has 0 spiro atoms. The molecular formula is C24H22N6O4. The molecule has 2 aromatic carbocycles. The molecule has 0 bridgehead atoms. The molecule has 2 aromatic heterocycles. The summed E-state index contributed by atoms with van der Waals surface area (Å²) < 4.78 is 6.79. The third kappa shape index (κ3) is 5.01. The molecule has 0 fully saturated rings. The molecule has 3 N–H and O–H groups in total. The Labute approximate surface area is 194 Å². The molecule has 2 amide bonds. The van der Waals surface area contributed by atoms with Gasteiger partial charge < -0.3 is 19.7 Å². The summed E-state index contributed by atoms with van der Waals surface area (Å²) in [5.41, 5.74) is 4.85. The zero-order valence-corrected chi connectivity index (χ0v) is 18.3. The smallest absolute Gasteiger partial charge is 0.259 e. The normalized spacial score (nSPS) is 11.0. The SMILES string of the molecule is COc1cccc(C=NNC(=O)CNC(=O)Cn2c(-c3ccccn3)nc3ccccc32)c1O. The van der Waals surface area contributed by atoms with E-state index in [0.717, 1.165) is 11.0 Å². The molecule has 0 saturated carbocycles. The van der Waals surface area contributed by atoms with Gasteiger partial charge in [-0.05, 0) is 36.4 Å². The van der Waals surface area contributed by atoms with Gasteiger partial charge in [-0.3, -0.25) is 14.6 Å². The van der Waals surface area contributed by atoms with Crippen molar-refractivity contribution in [2.75, 3.05) is 13.7 Å². The summed E-state index contributed by atoms with van der Waals surface area (Å²) >= 11 is 0. The number of hydrogen-bond acceptors (Lipinski definition) is 7. The maximum Gasteiger partial charge on any atom is 0.259 e. The molecule has 10 heteroatoms. The van der Waals surface area contributed by atoms with Gasteiger partial charge in [0.25, 0.3) is 5.91 Å². The predicted molar refractivity (Wildman–Crippen MR) is 126 cm³/mol. The standard InChI is InChI=1S/C24H22N6O4/c1-34-20-11-6-7-16(23(20)33)13-27-29-21(31)14-26-22(32)15-30-19-10-3-2-8-17(19)28-24(30)18-9-4-5-12-25-18/h2-13,33H,14-15H2,1H3,(H,26,32)(H,29,31). The number of phenols is 1. The first kappa shape index (κ1) is 22.5. The van der Waals surface area contributed by atoms with Crippen LogP contribution in [0.4, 0.5) is 0 Å². The number of methoxy groups -OCH3 is 1. The lowest BCUT2D eigenvalue weighted by atomic mass is 10.2. The lowest BCUT2D eigenvalue weighted by Gasteiger charge is -2.09. The number of pyridine rings is 1. The predicted octanol–water partition coefficient (Wildman–Crippen LogP) is 2.08. The molecular weight excluding hydrogens is 436 g/mol. The number of carbonyl (C=O) groups is 2. The fourth-order valence-corrected chi connectivity index (χ4v) is 3.33. The number of fused-ring (bicyclic) bond motifs is 1. The van der Waals surface area contributed by atoms with Gasteiger partial charge in [0, 0.05) is 11.8 Å². The number of hydrazone groups is 1. The number of imidazole rings is 1. The Morgan fingerprint density at radius 1 is 1.09 bits per heavy atom. The highest BCUT2D eigenvalue weighted by molar-refractivity contribution is 5.89. The molecule has 0 aliphatic heterocycles. The van der Waals surface area contributed by atoms with Crippen LogP contribution >= 0.6 is 0 Å². The van der Waals surface area contributed by atoms with Crippen LogP contribution in [0.15, 0.2) is 72.0 Å². The Hall–Kier alpha value is -4.73. The minimum Gasteiger partial charge on any atom is -0.504 e. The van der Waals surface area contributed by atoms with Gasteiger partial charge in [-0.15, -0.1) is 0 Å². The molecule has 4 aromatic rings. The van der Waals surface area contributed by atoms with Crippen LogP contribution in [0.3, 0.4) is 0 Å². The van der Waals surface area contributed by atoms with Gasteiger partial charge in [0.15, 0.2) is 17.3 Å². The lowest BCUT2D eigenvalue weighted by molar-refractivity contribution is -0.126. The van der Waals surface area contributed by atoms with E-state index in [9.17, 15) is 14.7 Å². The number of benzene rings is 2. The number of phenolic OH excluding ortho intramolecular Hbond substituents is 1. The molecule has 0 unspecified atom stereocenters. The molecule has 0 aliphatic rings. The molecule has 10 nitrogen and oxygen atoms in total. The number of aromatic nitrogens is 3. The van der Waals surface area contributed by atoms with Crippen LogP contribution in [-0.4, -0.2) is 51.3 Å². The third-order valence-corrected chi connectivity index (χ3v) is 4.94. The Balaban J connectivity index is 1.39. The monoisotopic (exact) mass is 458 g/mol. The highest BCUT2D eigenvalue weighted by atomic mass is 16.5. The van der Waals surface area contributed by atoms with Gasteiger partial charge in [-0.2, -0.15) is 5.10 Å². The van der Waals surface area contributed by atoms with Crippen LogP contribution in [-0.2, 0) is 16.1 Å². The average molecular weight is 458 g/mol. The van der Waals surface area contributed by atoms with Crippen molar-refractivity contribution in [1.29, 1.82) is 0 Å². The Morgan fingerprint density at radius 2 is 1.91 bits per heavy atom. The van der Waals surface area contributed by atoms with Crippen LogP contribution in [0.2, 0.25) is 0 Å². The van der Waals surface area contributed by atoms with Crippen molar-refractivity contribution in [1.82, 2.24) is 25.3 Å². The average Bonchev–Trinajstić information content (AvgIpc) is 3.22. The number of ether oxygens (including phenoxy) is 1. The van der Waals surface area contributed by atoms with E-state index in [-0.39, 0.29) is 24.7 Å². The summed E-state index contributed by atoms with van der Waals surface area (Å²) in [6.07, 6.45) is 2.95. The number of para-hydroxylation sites is 3. The minimum atomic E-state index is -0.521. The first-order valence-electron chi connectivity index (χ1n) is 10.4. The van der Waals surface area contributed by atoms with Crippen molar-refractivity contribution >= 4 is 29.1 Å². The van der Waals surface area contributed by atoms with Crippen molar-refractivity contribution in [2.45, 2.75) is 6.54 Å². The molecule has 34 heavy (non-hydrogen) atoms. The van der Waals surface area contributed by atoms with Gasteiger partial charge in [0.2, 0.25) is 5.91 Å². The number of hydrogen-bond donors (Lipinski definition) is 3. The number of carbonyl (C=O) groups excluding carboxylic acids is 2. The molecule has 0 atom stereocenters. The lowest BCUT2D eigenvalue weighted by Crippen LogP contribution is -2.36. The van der Waals surface area contributed by atoms with Crippen molar-refractivity contribution < 1.29 is 19.4 Å². The summed E-state index contributed by atoms with van der Waals surface area (Å²) in [6.45, 7) is -0.313. The first-order chi connectivity index (χ1) is 16.6. The summed E-state index contributed by atoms with van der Waals surface area (Å²) in [5, 5.41) is 16.4. The molecule has 0 aliphatic carbocycles. The largest absolute Gasteiger partial charge is 0.504 e. The number of rotatable bonds is 8. The Kier molecular flexibility index (Phi) is 6.78. The Bertz CT molecular complexity index is 1350. The van der Waals surface area contributed by atoms with E-state index in [2.05, 4.69) is 25.8 Å². The molecule has 2 heterocycles. The third-order valence-electron chi connectivity index (χ3n) is 4.94. The molecule has 4 rings (SSSR count). The molecule has 0 saturated heterocycles. The fourth-order valence-electron chi connectivity index (χ4n) is 3.33. The molecule has 0 radical (unpaired) electrons. The van der Waals surface area contributed by atoms with Crippen molar-refractivity contribution in [3.8, 4) is 23.0 Å².